The molecule has 4 atom stereocenters. The number of rotatable bonds is 1. The molecule has 1 saturated heterocycles. The Kier molecular flexibility index (Phi) is 2.91. The number of hydrogen-bond donors (Lipinski definition) is 0. The van der Waals surface area contributed by atoms with E-state index < -0.39 is 25.7 Å². The van der Waals surface area contributed by atoms with Gasteiger partial charge in [-0.05, 0) is 12.8 Å². The molecule has 0 saturated carbocycles. The molecule has 0 aromatic heterocycles. The molecular weight excluding hydrogens is 220 g/mol. The van der Waals surface area contributed by atoms with Crippen LogP contribution in [0.2, 0.25) is 0 Å². The van der Waals surface area contributed by atoms with E-state index in [2.05, 4.69) is 0 Å². The topological polar surface area (TPSA) is 43.4 Å². The lowest BCUT2D eigenvalue weighted by Crippen LogP contribution is -2.48. The molecule has 1 aliphatic heterocycles. The van der Waals surface area contributed by atoms with Crippen LogP contribution in [0, 0.1) is 0 Å². The predicted octanol–water partition coefficient (Wildman–Crippen LogP) is 0.559. The van der Waals surface area contributed by atoms with Gasteiger partial charge in [-0.1, -0.05) is 12.2 Å². The van der Waals surface area contributed by atoms with Gasteiger partial charge in [-0.3, -0.25) is 8.42 Å². The number of ether oxygens (including phenoxy) is 1. The minimum absolute atomic E-state index is 0.236. The van der Waals surface area contributed by atoms with Gasteiger partial charge in [-0.25, -0.2) is 0 Å². The Morgan fingerprint density at radius 2 is 2.00 bits per heavy atom. The van der Waals surface area contributed by atoms with Gasteiger partial charge in [0.05, 0.1) is 0 Å². The van der Waals surface area contributed by atoms with E-state index in [1.54, 1.807) is 7.11 Å². The summed E-state index contributed by atoms with van der Waals surface area (Å²) in [5, 5.41) is 0. The average molecular weight is 234 g/mol. The first-order chi connectivity index (χ1) is 6.71. The zero-order valence-corrected chi connectivity index (χ0v) is 9.73. The van der Waals surface area contributed by atoms with Crippen molar-refractivity contribution in [3.63, 3.8) is 0 Å². The van der Waals surface area contributed by atoms with Crippen LogP contribution >= 0.6 is 0 Å². The van der Waals surface area contributed by atoms with E-state index in [0.717, 1.165) is 12.8 Å². The molecule has 1 aliphatic carbocycles. The fourth-order valence-electron chi connectivity index (χ4n) is 2.14. The summed E-state index contributed by atoms with van der Waals surface area (Å²) in [6.07, 6.45) is 5.27. The molecule has 3 nitrogen and oxygen atoms in total. The van der Waals surface area contributed by atoms with Crippen LogP contribution in [-0.2, 0) is 26.3 Å². The summed E-state index contributed by atoms with van der Waals surface area (Å²) in [5.41, 5.74) is 0. The van der Waals surface area contributed by atoms with Crippen LogP contribution in [0.3, 0.4) is 0 Å². The summed E-state index contributed by atoms with van der Waals surface area (Å²) in [5.74, 6) is 1.11. The summed E-state index contributed by atoms with van der Waals surface area (Å²) in [6.45, 7) is 0. The summed E-state index contributed by atoms with van der Waals surface area (Å²) in [6, 6.07) is 0. The van der Waals surface area contributed by atoms with Crippen LogP contribution in [0.5, 0.6) is 0 Å². The van der Waals surface area contributed by atoms with Crippen molar-refractivity contribution in [3.05, 3.63) is 12.2 Å². The van der Waals surface area contributed by atoms with Gasteiger partial charge >= 0.3 is 0 Å². The van der Waals surface area contributed by atoms with Crippen LogP contribution in [0.1, 0.15) is 12.8 Å². The SMILES string of the molecule is COC1C=CCCC12[S@](=O)CC[S@@]2=O. The highest BCUT2D eigenvalue weighted by Crippen LogP contribution is 2.39. The van der Waals surface area contributed by atoms with Crippen molar-refractivity contribution in [1.29, 1.82) is 0 Å². The van der Waals surface area contributed by atoms with Gasteiger partial charge in [-0.15, -0.1) is 0 Å². The van der Waals surface area contributed by atoms with E-state index in [1.165, 1.54) is 0 Å². The fraction of sp³-hybridized carbons (Fsp3) is 0.778. The van der Waals surface area contributed by atoms with E-state index in [1.807, 2.05) is 12.2 Å². The van der Waals surface area contributed by atoms with Crippen molar-refractivity contribution in [1.82, 2.24) is 0 Å². The number of allylic oxidation sites excluding steroid dienone is 1. The Hall–Kier alpha value is -0.000000000000000111. The second-order valence-corrected chi connectivity index (χ2v) is 7.45. The van der Waals surface area contributed by atoms with E-state index in [9.17, 15) is 8.42 Å². The second kappa shape index (κ2) is 3.87. The lowest BCUT2D eigenvalue weighted by atomic mass is 10.0. The van der Waals surface area contributed by atoms with Crippen LogP contribution in [0.25, 0.3) is 0 Å². The number of methoxy groups -OCH3 is 1. The highest BCUT2D eigenvalue weighted by molar-refractivity contribution is 8.07. The molecule has 2 rings (SSSR count). The Balaban J connectivity index is 2.41. The van der Waals surface area contributed by atoms with Crippen LogP contribution in [0.15, 0.2) is 12.2 Å². The maximum atomic E-state index is 11.9. The van der Waals surface area contributed by atoms with Crippen molar-refractivity contribution < 1.29 is 13.2 Å². The van der Waals surface area contributed by atoms with Gasteiger partial charge in [0.15, 0.2) is 4.08 Å². The molecule has 14 heavy (non-hydrogen) atoms. The van der Waals surface area contributed by atoms with Crippen molar-refractivity contribution in [2.24, 2.45) is 0 Å². The molecule has 0 aromatic rings. The lowest BCUT2D eigenvalue weighted by Gasteiger charge is -2.34. The molecule has 0 N–H and O–H groups in total. The third kappa shape index (κ3) is 1.33. The van der Waals surface area contributed by atoms with Crippen molar-refractivity contribution in [3.8, 4) is 0 Å². The lowest BCUT2D eigenvalue weighted by molar-refractivity contribution is 0.122. The standard InChI is InChI=1S/C9H14O3S2/c1-12-8-4-2-3-5-9(8)13(10)6-7-14(9)11/h2,4,8H,3,5-7H2,1H3/t8?,9?,13-,14+. The Bertz CT molecular complexity index is 295. The maximum Gasteiger partial charge on any atom is 0.150 e. The average Bonchev–Trinajstić information content (AvgIpc) is 2.48. The largest absolute Gasteiger partial charge is 0.375 e. The van der Waals surface area contributed by atoms with Crippen molar-refractivity contribution >= 4 is 21.6 Å². The molecule has 1 heterocycles. The quantitative estimate of drug-likeness (QED) is 0.623. The summed E-state index contributed by atoms with van der Waals surface area (Å²) >= 11 is 0. The van der Waals surface area contributed by atoms with Crippen LogP contribution in [0.4, 0.5) is 0 Å². The highest BCUT2D eigenvalue weighted by Gasteiger charge is 2.53. The zero-order valence-electron chi connectivity index (χ0n) is 8.10. The molecule has 0 radical (unpaired) electrons. The molecule has 2 aliphatic rings. The first-order valence-electron chi connectivity index (χ1n) is 4.68. The van der Waals surface area contributed by atoms with Gasteiger partial charge in [0.1, 0.15) is 6.10 Å². The molecule has 80 valence electrons. The maximum absolute atomic E-state index is 11.9. The van der Waals surface area contributed by atoms with E-state index in [4.69, 9.17) is 4.74 Å². The second-order valence-electron chi connectivity index (χ2n) is 3.53. The van der Waals surface area contributed by atoms with Gasteiger partial charge in [0.25, 0.3) is 0 Å². The number of hydrogen-bond acceptors (Lipinski definition) is 3. The Labute approximate surface area is 88.8 Å². The van der Waals surface area contributed by atoms with Crippen molar-refractivity contribution in [2.45, 2.75) is 23.0 Å². The van der Waals surface area contributed by atoms with E-state index in [-0.39, 0.29) is 6.10 Å². The zero-order chi connectivity index (χ0) is 10.2. The molecule has 1 fully saturated rings. The Morgan fingerprint density at radius 3 is 2.57 bits per heavy atom. The molecule has 2 unspecified atom stereocenters. The monoisotopic (exact) mass is 234 g/mol. The fourth-order valence-corrected chi connectivity index (χ4v) is 6.93. The normalized spacial score (nSPS) is 47.4. The van der Waals surface area contributed by atoms with Gasteiger partial charge in [0, 0.05) is 40.2 Å². The van der Waals surface area contributed by atoms with Crippen LogP contribution < -0.4 is 0 Å². The molecule has 1 spiro atoms. The van der Waals surface area contributed by atoms with Crippen LogP contribution in [-0.4, -0.2) is 37.2 Å². The molecular formula is C9H14O3S2. The first-order valence-corrected chi connectivity index (χ1v) is 7.32. The molecule has 0 bridgehead atoms. The van der Waals surface area contributed by atoms with Crippen molar-refractivity contribution in [2.75, 3.05) is 18.6 Å². The predicted molar refractivity (Wildman–Crippen MR) is 57.9 cm³/mol. The Morgan fingerprint density at radius 1 is 1.36 bits per heavy atom. The van der Waals surface area contributed by atoms with Gasteiger partial charge in [-0.2, -0.15) is 0 Å². The summed E-state index contributed by atoms with van der Waals surface area (Å²) < 4.78 is 28.6. The first kappa shape index (κ1) is 10.5. The minimum Gasteiger partial charge on any atom is -0.375 e. The van der Waals surface area contributed by atoms with Gasteiger partial charge < -0.3 is 4.74 Å². The molecule has 0 aromatic carbocycles. The smallest absolute Gasteiger partial charge is 0.150 e. The third-order valence-electron chi connectivity index (χ3n) is 2.88. The minimum atomic E-state index is -1.00. The van der Waals surface area contributed by atoms with E-state index in [0.29, 0.717) is 11.5 Å². The van der Waals surface area contributed by atoms with E-state index >= 15 is 0 Å². The highest BCUT2D eigenvalue weighted by atomic mass is 32.3. The summed E-state index contributed by atoms with van der Waals surface area (Å²) in [7, 11) is -0.417. The van der Waals surface area contributed by atoms with Gasteiger partial charge in [0.2, 0.25) is 0 Å². The summed E-state index contributed by atoms with van der Waals surface area (Å²) in [4.78, 5) is 0. The molecule has 5 heteroatoms. The molecule has 0 amide bonds. The third-order valence-corrected chi connectivity index (χ3v) is 7.82.